The molecule has 4 aromatic rings. The Hall–Kier alpha value is -5.21. The number of urea groups is 1. The van der Waals surface area contributed by atoms with Crippen molar-refractivity contribution in [1.82, 2.24) is 14.9 Å². The van der Waals surface area contributed by atoms with Gasteiger partial charge >= 0.3 is 12.2 Å². The molecule has 1 unspecified atom stereocenters. The van der Waals surface area contributed by atoms with Gasteiger partial charge in [0.1, 0.15) is 23.2 Å². The first kappa shape index (κ1) is 34.1. The van der Waals surface area contributed by atoms with Gasteiger partial charge in [0, 0.05) is 45.2 Å². The smallest absolute Gasteiger partial charge is 0.428 e. The SMILES string of the molecule is Cc1oc(N2CCCC(c3cccc(F)c3)C2)nc1C(F)(F)F.O=CNc1ccc(N2CCN(C(=O)Nc3ccccc3F)CC2)nc1. The molecule has 2 aromatic heterocycles. The van der Waals surface area contributed by atoms with Crippen LogP contribution in [0.3, 0.4) is 0 Å². The van der Waals surface area contributed by atoms with Gasteiger partial charge in [0.2, 0.25) is 6.41 Å². The van der Waals surface area contributed by atoms with Gasteiger partial charge < -0.3 is 29.8 Å². The van der Waals surface area contributed by atoms with Crippen molar-refractivity contribution >= 4 is 35.6 Å². The third-order valence-corrected chi connectivity index (χ3v) is 8.05. The highest BCUT2D eigenvalue weighted by atomic mass is 19.4. The highest BCUT2D eigenvalue weighted by Gasteiger charge is 2.38. The number of hydrogen-bond donors (Lipinski definition) is 2. The van der Waals surface area contributed by atoms with Crippen molar-refractivity contribution in [3.05, 3.63) is 95.5 Å². The van der Waals surface area contributed by atoms with Crippen molar-refractivity contribution in [3.63, 3.8) is 0 Å². The third-order valence-electron chi connectivity index (χ3n) is 8.05. The number of aromatic nitrogens is 2. The van der Waals surface area contributed by atoms with Gasteiger partial charge in [-0.1, -0.05) is 24.3 Å². The van der Waals surface area contributed by atoms with E-state index in [1.54, 1.807) is 40.3 Å². The van der Waals surface area contributed by atoms with Crippen molar-refractivity contribution < 1.29 is 36.0 Å². The molecule has 0 bridgehead atoms. The average Bonchev–Trinajstić information content (AvgIpc) is 3.49. The maximum atomic E-state index is 13.6. The van der Waals surface area contributed by atoms with Gasteiger partial charge in [-0.25, -0.2) is 18.6 Å². The summed E-state index contributed by atoms with van der Waals surface area (Å²) in [5.41, 5.74) is 0.658. The number of piperidine rings is 1. The molecule has 15 heteroatoms. The van der Waals surface area contributed by atoms with E-state index in [0.29, 0.717) is 51.4 Å². The second-order valence-corrected chi connectivity index (χ2v) is 11.3. The number of nitrogens with zero attached hydrogens (tertiary/aromatic N) is 5. The Balaban J connectivity index is 0.000000188. The van der Waals surface area contributed by atoms with E-state index in [0.717, 1.165) is 24.2 Å². The maximum Gasteiger partial charge on any atom is 0.436 e. The van der Waals surface area contributed by atoms with Gasteiger partial charge in [-0.05, 0) is 61.7 Å². The largest absolute Gasteiger partial charge is 0.436 e. The normalized spacial score (nSPS) is 16.5. The minimum atomic E-state index is -4.52. The van der Waals surface area contributed by atoms with Crippen molar-refractivity contribution in [2.75, 3.05) is 59.7 Å². The fourth-order valence-electron chi connectivity index (χ4n) is 5.59. The number of piperazine rings is 1. The van der Waals surface area contributed by atoms with E-state index in [9.17, 15) is 31.5 Å². The topological polar surface area (TPSA) is 107 Å². The number of aryl methyl sites for hydroxylation is 1. The zero-order chi connectivity index (χ0) is 34.3. The number of hydrogen-bond acceptors (Lipinski definition) is 7. The number of rotatable bonds is 6. The van der Waals surface area contributed by atoms with Crippen molar-refractivity contribution in [2.24, 2.45) is 0 Å². The monoisotopic (exact) mass is 671 g/mol. The summed E-state index contributed by atoms with van der Waals surface area (Å²) in [4.78, 5) is 36.0. The molecule has 0 radical (unpaired) electrons. The predicted octanol–water partition coefficient (Wildman–Crippen LogP) is 6.67. The fourth-order valence-corrected chi connectivity index (χ4v) is 5.59. The summed E-state index contributed by atoms with van der Waals surface area (Å²) in [5, 5.41) is 5.13. The molecular formula is C33H34F5N7O3. The van der Waals surface area contributed by atoms with Gasteiger partial charge in [-0.2, -0.15) is 18.2 Å². The molecule has 4 heterocycles. The first-order chi connectivity index (χ1) is 23.0. The second-order valence-electron chi connectivity index (χ2n) is 11.3. The number of alkyl halides is 3. The molecular weight excluding hydrogens is 637 g/mol. The molecule has 6 rings (SSSR count). The summed E-state index contributed by atoms with van der Waals surface area (Å²) in [5.74, 6) is -0.180. The number of nitrogens with one attached hydrogen (secondary N) is 2. The predicted molar refractivity (Wildman–Crippen MR) is 170 cm³/mol. The number of carbonyl (C=O) groups excluding carboxylic acids is 2. The highest BCUT2D eigenvalue weighted by Crippen LogP contribution is 2.36. The minimum absolute atomic E-state index is 0.0177. The number of amides is 3. The molecule has 1 atom stereocenters. The molecule has 2 saturated heterocycles. The van der Waals surface area contributed by atoms with E-state index in [1.807, 2.05) is 12.1 Å². The molecule has 2 fully saturated rings. The summed E-state index contributed by atoms with van der Waals surface area (Å²) in [6.07, 6.45) is -0.704. The summed E-state index contributed by atoms with van der Waals surface area (Å²) < 4.78 is 70.7. The van der Waals surface area contributed by atoms with Crippen LogP contribution in [0.5, 0.6) is 0 Å². The lowest BCUT2D eigenvalue weighted by molar-refractivity contribution is -0.141. The summed E-state index contributed by atoms with van der Waals surface area (Å²) >= 11 is 0. The van der Waals surface area contributed by atoms with E-state index >= 15 is 0 Å². The fraction of sp³-hybridized carbons (Fsp3) is 0.333. The Labute approximate surface area is 273 Å². The average molecular weight is 672 g/mol. The number of pyridine rings is 1. The number of benzene rings is 2. The van der Waals surface area contributed by atoms with Crippen molar-refractivity contribution in [3.8, 4) is 0 Å². The van der Waals surface area contributed by atoms with Crippen LogP contribution in [-0.2, 0) is 11.0 Å². The standard InChI is InChI=1S/C17H18FN5O2.C16H16F4N2O/c18-14-3-1-2-4-15(14)21-17(25)23-9-7-22(8-10-23)16-6-5-13(11-19-16)20-12-24;1-10-14(16(18,19)20)21-15(23-10)22-7-3-5-12(9-22)11-4-2-6-13(17)8-11/h1-6,11-12H,7-10H2,(H,20,24)(H,21,25);2,4,6,8,12H,3,5,7,9H2,1H3. The van der Waals surface area contributed by atoms with Gasteiger partial charge in [-0.15, -0.1) is 0 Å². The second kappa shape index (κ2) is 15.1. The van der Waals surface area contributed by atoms with E-state index in [1.165, 1.54) is 31.2 Å². The van der Waals surface area contributed by atoms with Crippen LogP contribution < -0.4 is 20.4 Å². The number of anilines is 4. The maximum absolute atomic E-state index is 13.6. The lowest BCUT2D eigenvalue weighted by Gasteiger charge is -2.35. The molecule has 10 nitrogen and oxygen atoms in total. The van der Waals surface area contributed by atoms with E-state index in [-0.39, 0.29) is 35.2 Å². The lowest BCUT2D eigenvalue weighted by Crippen LogP contribution is -2.50. The van der Waals surface area contributed by atoms with Gasteiger partial charge in [0.25, 0.3) is 6.01 Å². The van der Waals surface area contributed by atoms with Crippen LogP contribution in [0.25, 0.3) is 0 Å². The molecule has 2 N–H and O–H groups in total. The summed E-state index contributed by atoms with van der Waals surface area (Å²) in [6, 6.07) is 15.7. The zero-order valence-corrected chi connectivity index (χ0v) is 26.0. The van der Waals surface area contributed by atoms with E-state index < -0.39 is 17.7 Å². The van der Waals surface area contributed by atoms with Gasteiger partial charge in [0.15, 0.2) is 5.69 Å². The number of halogens is 5. The van der Waals surface area contributed by atoms with E-state index in [2.05, 4.69) is 25.5 Å². The van der Waals surface area contributed by atoms with Gasteiger partial charge in [0.05, 0.1) is 17.6 Å². The minimum Gasteiger partial charge on any atom is -0.428 e. The summed E-state index contributed by atoms with van der Waals surface area (Å²) in [6.45, 7) is 4.56. The van der Waals surface area contributed by atoms with Gasteiger partial charge in [-0.3, -0.25) is 4.79 Å². The number of carbonyl (C=O) groups is 2. The molecule has 0 saturated carbocycles. The molecule has 0 spiro atoms. The Morgan fingerprint density at radius 2 is 1.75 bits per heavy atom. The molecule has 48 heavy (non-hydrogen) atoms. The number of oxazole rings is 1. The quantitative estimate of drug-likeness (QED) is 0.174. The van der Waals surface area contributed by atoms with Crippen LogP contribution in [0.1, 0.15) is 35.8 Å². The van der Waals surface area contributed by atoms with Crippen molar-refractivity contribution in [2.45, 2.75) is 31.9 Å². The molecule has 0 aliphatic carbocycles. The molecule has 254 valence electrons. The Morgan fingerprint density at radius 3 is 2.40 bits per heavy atom. The molecule has 2 aliphatic heterocycles. The zero-order valence-electron chi connectivity index (χ0n) is 26.0. The van der Waals surface area contributed by atoms with Crippen LogP contribution in [0.2, 0.25) is 0 Å². The Bertz CT molecular complexity index is 1690. The third kappa shape index (κ3) is 8.57. The first-order valence-corrected chi connectivity index (χ1v) is 15.3. The van der Waals surface area contributed by atoms with Crippen LogP contribution in [0.15, 0.2) is 71.3 Å². The Kier molecular flexibility index (Phi) is 10.8. The van der Waals surface area contributed by atoms with E-state index in [4.69, 9.17) is 4.42 Å². The number of para-hydroxylation sites is 1. The molecule has 3 amide bonds. The highest BCUT2D eigenvalue weighted by molar-refractivity contribution is 5.89. The van der Waals surface area contributed by atoms with Crippen LogP contribution in [0, 0.1) is 18.6 Å². The lowest BCUT2D eigenvalue weighted by atomic mass is 9.91. The molecule has 2 aliphatic rings. The summed E-state index contributed by atoms with van der Waals surface area (Å²) in [7, 11) is 0. The molecule has 2 aromatic carbocycles. The van der Waals surface area contributed by atoms with Crippen molar-refractivity contribution in [1.29, 1.82) is 0 Å². The van der Waals surface area contributed by atoms with Crippen LogP contribution in [-0.4, -0.2) is 66.6 Å². The van der Waals surface area contributed by atoms with Crippen LogP contribution in [0.4, 0.5) is 50.0 Å². The Morgan fingerprint density at radius 1 is 0.979 bits per heavy atom. The first-order valence-electron chi connectivity index (χ1n) is 15.3. The van der Waals surface area contributed by atoms with Crippen LogP contribution >= 0.6 is 0 Å².